The highest BCUT2D eigenvalue weighted by Crippen LogP contribution is 2.37. The Labute approximate surface area is 126 Å². The average Bonchev–Trinajstić information content (AvgIpc) is 3.03. The molecule has 3 rings (SSSR count). The monoisotopic (exact) mass is 294 g/mol. The number of carboxylic acid groups (broad SMARTS) is 1. The minimum Gasteiger partial charge on any atom is -0.481 e. The number of hydrogen-bond donors (Lipinski definition) is 2. The molecule has 5 nitrogen and oxygen atoms in total. The van der Waals surface area contributed by atoms with Crippen LogP contribution in [0.1, 0.15) is 45.4 Å². The number of aliphatic carboxylic acids is 1. The highest BCUT2D eigenvalue weighted by molar-refractivity contribution is 5.85. The summed E-state index contributed by atoms with van der Waals surface area (Å²) < 4.78 is 0. The Balaban J connectivity index is 1.62. The largest absolute Gasteiger partial charge is 0.481 e. The lowest BCUT2D eigenvalue weighted by molar-refractivity contribution is -0.146. The minimum absolute atomic E-state index is 0.0239. The number of rotatable bonds is 3. The SMILES string of the molecule is CC1CC(C(=O)O)C(C(=O)NC2CCN3CCCCC23)C1. The van der Waals surface area contributed by atoms with Crippen molar-refractivity contribution in [2.24, 2.45) is 17.8 Å². The van der Waals surface area contributed by atoms with Crippen molar-refractivity contribution in [2.75, 3.05) is 13.1 Å². The van der Waals surface area contributed by atoms with E-state index in [1.165, 1.54) is 12.8 Å². The van der Waals surface area contributed by atoms with E-state index in [4.69, 9.17) is 0 Å². The van der Waals surface area contributed by atoms with Crippen molar-refractivity contribution < 1.29 is 14.7 Å². The molecule has 0 radical (unpaired) electrons. The summed E-state index contributed by atoms with van der Waals surface area (Å²) in [6, 6.07) is 0.702. The van der Waals surface area contributed by atoms with Gasteiger partial charge in [-0.3, -0.25) is 14.5 Å². The van der Waals surface area contributed by atoms with E-state index < -0.39 is 11.9 Å². The summed E-state index contributed by atoms with van der Waals surface area (Å²) in [6.45, 7) is 4.26. The van der Waals surface area contributed by atoms with Crippen molar-refractivity contribution >= 4 is 11.9 Å². The molecule has 5 atom stereocenters. The van der Waals surface area contributed by atoms with Crippen molar-refractivity contribution in [2.45, 2.75) is 57.5 Å². The molecule has 0 aromatic heterocycles. The van der Waals surface area contributed by atoms with Gasteiger partial charge >= 0.3 is 5.97 Å². The molecule has 2 saturated heterocycles. The van der Waals surface area contributed by atoms with Gasteiger partial charge in [-0.25, -0.2) is 0 Å². The summed E-state index contributed by atoms with van der Waals surface area (Å²) >= 11 is 0. The van der Waals surface area contributed by atoms with E-state index in [2.05, 4.69) is 10.2 Å². The van der Waals surface area contributed by atoms with Gasteiger partial charge in [0.15, 0.2) is 0 Å². The lowest BCUT2D eigenvalue weighted by Crippen LogP contribution is -2.49. The number of hydrogen-bond acceptors (Lipinski definition) is 3. The molecule has 21 heavy (non-hydrogen) atoms. The smallest absolute Gasteiger partial charge is 0.307 e. The Morgan fingerprint density at radius 1 is 1.10 bits per heavy atom. The van der Waals surface area contributed by atoms with Gasteiger partial charge in [0.2, 0.25) is 5.91 Å². The first kappa shape index (κ1) is 14.8. The number of amides is 1. The molecule has 0 aromatic rings. The molecule has 3 aliphatic rings. The predicted molar refractivity (Wildman–Crippen MR) is 78.8 cm³/mol. The Kier molecular flexibility index (Phi) is 4.20. The lowest BCUT2D eigenvalue weighted by atomic mass is 9.93. The third-order valence-corrected chi connectivity index (χ3v) is 5.64. The van der Waals surface area contributed by atoms with Crippen LogP contribution in [0.4, 0.5) is 0 Å². The zero-order valence-electron chi connectivity index (χ0n) is 12.8. The second kappa shape index (κ2) is 5.95. The maximum atomic E-state index is 12.5. The average molecular weight is 294 g/mol. The Morgan fingerprint density at radius 2 is 1.86 bits per heavy atom. The van der Waals surface area contributed by atoms with E-state index in [1.54, 1.807) is 0 Å². The van der Waals surface area contributed by atoms with Gasteiger partial charge in [0, 0.05) is 18.6 Å². The van der Waals surface area contributed by atoms with Crippen LogP contribution in [0, 0.1) is 17.8 Å². The van der Waals surface area contributed by atoms with Crippen LogP contribution in [0.5, 0.6) is 0 Å². The van der Waals surface area contributed by atoms with Crippen LogP contribution >= 0.6 is 0 Å². The van der Waals surface area contributed by atoms with Gasteiger partial charge in [-0.05, 0) is 44.6 Å². The first-order chi connectivity index (χ1) is 10.1. The van der Waals surface area contributed by atoms with E-state index in [1.807, 2.05) is 6.92 Å². The van der Waals surface area contributed by atoms with Crippen LogP contribution in [0.2, 0.25) is 0 Å². The van der Waals surface area contributed by atoms with Gasteiger partial charge in [0.05, 0.1) is 11.8 Å². The molecular formula is C16H26N2O3. The summed E-state index contributed by atoms with van der Waals surface area (Å²) in [5, 5.41) is 12.5. The summed E-state index contributed by atoms with van der Waals surface area (Å²) in [7, 11) is 0. The first-order valence-electron chi connectivity index (χ1n) is 8.33. The topological polar surface area (TPSA) is 69.6 Å². The van der Waals surface area contributed by atoms with E-state index in [9.17, 15) is 14.7 Å². The number of carboxylic acids is 1. The standard InChI is InChI=1S/C16H26N2O3/c1-10-8-11(12(9-10)16(20)21)15(19)17-13-5-7-18-6-3-2-4-14(13)18/h10-14H,2-9H2,1H3,(H,17,19)(H,20,21). The molecule has 1 amide bonds. The molecule has 1 saturated carbocycles. The highest BCUT2D eigenvalue weighted by atomic mass is 16.4. The van der Waals surface area contributed by atoms with E-state index in [0.29, 0.717) is 24.8 Å². The number of fused-ring (bicyclic) bond motifs is 1. The fourth-order valence-corrected chi connectivity index (χ4v) is 4.56. The molecule has 118 valence electrons. The normalized spacial score (nSPS) is 40.0. The van der Waals surface area contributed by atoms with Crippen molar-refractivity contribution in [1.29, 1.82) is 0 Å². The molecule has 5 heteroatoms. The molecular weight excluding hydrogens is 268 g/mol. The van der Waals surface area contributed by atoms with Crippen molar-refractivity contribution in [1.82, 2.24) is 10.2 Å². The number of carbonyl (C=O) groups is 2. The van der Waals surface area contributed by atoms with Crippen molar-refractivity contribution in [3.63, 3.8) is 0 Å². The molecule has 0 spiro atoms. The van der Waals surface area contributed by atoms with Crippen LogP contribution in [0.25, 0.3) is 0 Å². The maximum Gasteiger partial charge on any atom is 0.307 e. The fourth-order valence-electron chi connectivity index (χ4n) is 4.56. The molecule has 1 aliphatic carbocycles. The van der Waals surface area contributed by atoms with Crippen LogP contribution in [-0.4, -0.2) is 47.1 Å². The van der Waals surface area contributed by atoms with Gasteiger partial charge in [-0.1, -0.05) is 13.3 Å². The number of carbonyl (C=O) groups excluding carboxylic acids is 1. The number of piperidine rings is 1. The first-order valence-corrected chi connectivity index (χ1v) is 8.33. The summed E-state index contributed by atoms with van der Waals surface area (Å²) in [5.41, 5.74) is 0. The molecule has 0 aromatic carbocycles. The molecule has 0 bridgehead atoms. The van der Waals surface area contributed by atoms with Gasteiger partial charge in [-0.2, -0.15) is 0 Å². The molecule has 5 unspecified atom stereocenters. The Morgan fingerprint density at radius 3 is 2.62 bits per heavy atom. The summed E-state index contributed by atoms with van der Waals surface area (Å²) in [6.07, 6.45) is 6.02. The molecule has 2 N–H and O–H groups in total. The van der Waals surface area contributed by atoms with Gasteiger partial charge in [0.1, 0.15) is 0 Å². The molecule has 3 fully saturated rings. The van der Waals surface area contributed by atoms with Crippen LogP contribution < -0.4 is 5.32 Å². The molecule has 2 aliphatic heterocycles. The van der Waals surface area contributed by atoms with Crippen LogP contribution in [0.3, 0.4) is 0 Å². The van der Waals surface area contributed by atoms with E-state index in [0.717, 1.165) is 25.9 Å². The highest BCUT2D eigenvalue weighted by Gasteiger charge is 2.43. The van der Waals surface area contributed by atoms with Crippen molar-refractivity contribution in [3.8, 4) is 0 Å². The second-order valence-corrected chi connectivity index (χ2v) is 7.13. The van der Waals surface area contributed by atoms with Gasteiger partial charge in [-0.15, -0.1) is 0 Å². The minimum atomic E-state index is -0.815. The Hall–Kier alpha value is -1.10. The summed E-state index contributed by atoms with van der Waals surface area (Å²) in [5.74, 6) is -1.34. The predicted octanol–water partition coefficient (Wildman–Crippen LogP) is 1.48. The second-order valence-electron chi connectivity index (χ2n) is 7.13. The molecule has 2 heterocycles. The zero-order chi connectivity index (χ0) is 15.0. The number of nitrogens with zero attached hydrogens (tertiary/aromatic N) is 1. The van der Waals surface area contributed by atoms with Gasteiger partial charge < -0.3 is 10.4 Å². The third-order valence-electron chi connectivity index (χ3n) is 5.64. The summed E-state index contributed by atoms with van der Waals surface area (Å²) in [4.78, 5) is 26.4. The zero-order valence-corrected chi connectivity index (χ0v) is 12.8. The third kappa shape index (κ3) is 2.93. The maximum absolute atomic E-state index is 12.5. The number of nitrogens with one attached hydrogen (secondary N) is 1. The lowest BCUT2D eigenvalue weighted by Gasteiger charge is -2.33. The van der Waals surface area contributed by atoms with E-state index >= 15 is 0 Å². The van der Waals surface area contributed by atoms with Gasteiger partial charge in [0.25, 0.3) is 0 Å². The quantitative estimate of drug-likeness (QED) is 0.827. The van der Waals surface area contributed by atoms with Crippen LogP contribution in [-0.2, 0) is 9.59 Å². The fraction of sp³-hybridized carbons (Fsp3) is 0.875. The van der Waals surface area contributed by atoms with Crippen LogP contribution in [0.15, 0.2) is 0 Å². The van der Waals surface area contributed by atoms with Crippen molar-refractivity contribution in [3.05, 3.63) is 0 Å². The Bertz CT molecular complexity index is 426. The van der Waals surface area contributed by atoms with E-state index in [-0.39, 0.29) is 17.9 Å².